The smallest absolute Gasteiger partial charge is 0.258 e. The maximum absolute atomic E-state index is 12.7. The molecule has 2 heterocycles. The minimum absolute atomic E-state index is 0.175. The quantitative estimate of drug-likeness (QED) is 0.916. The monoisotopic (exact) mass is 353 g/mol. The van der Waals surface area contributed by atoms with Crippen LogP contribution in [0.25, 0.3) is 0 Å². The van der Waals surface area contributed by atoms with Gasteiger partial charge >= 0.3 is 0 Å². The van der Waals surface area contributed by atoms with E-state index in [0.717, 1.165) is 43.0 Å². The number of likely N-dealkylation sites (N-methyl/N-ethyl adjacent to an activating group) is 1. The number of amides is 1. The van der Waals surface area contributed by atoms with E-state index in [1.807, 2.05) is 19.1 Å². The van der Waals surface area contributed by atoms with E-state index in [4.69, 9.17) is 0 Å². The van der Waals surface area contributed by atoms with Gasteiger partial charge in [-0.05, 0) is 31.0 Å². The number of hydrogen-bond donors (Lipinski definition) is 1. The van der Waals surface area contributed by atoms with Crippen LogP contribution < -0.4 is 10.2 Å². The van der Waals surface area contributed by atoms with Gasteiger partial charge < -0.3 is 15.1 Å². The summed E-state index contributed by atoms with van der Waals surface area (Å²) in [6.45, 7) is 10.1. The van der Waals surface area contributed by atoms with Gasteiger partial charge in [-0.1, -0.05) is 32.0 Å². The minimum atomic E-state index is -0.175. The van der Waals surface area contributed by atoms with Gasteiger partial charge in [-0.2, -0.15) is 0 Å². The zero-order chi connectivity index (χ0) is 18.7. The van der Waals surface area contributed by atoms with Crippen LogP contribution in [0, 0.1) is 6.92 Å². The number of benzene rings is 1. The Morgan fingerprint density at radius 1 is 1.12 bits per heavy atom. The molecule has 26 heavy (non-hydrogen) atoms. The molecule has 0 saturated carbocycles. The third-order valence-corrected chi connectivity index (χ3v) is 4.85. The Bertz CT molecular complexity index is 764. The lowest BCUT2D eigenvalue weighted by atomic mass is 9.98. The maximum atomic E-state index is 12.7. The van der Waals surface area contributed by atoms with Crippen LogP contribution in [0.15, 0.2) is 30.6 Å². The summed E-state index contributed by atoms with van der Waals surface area (Å²) in [4.78, 5) is 25.9. The summed E-state index contributed by atoms with van der Waals surface area (Å²) < 4.78 is 0. The lowest BCUT2D eigenvalue weighted by Crippen LogP contribution is -2.45. The molecule has 1 N–H and O–H groups in total. The summed E-state index contributed by atoms with van der Waals surface area (Å²) >= 11 is 0. The fraction of sp³-hybridized carbons (Fsp3) is 0.450. The van der Waals surface area contributed by atoms with Crippen LogP contribution in [0.1, 0.15) is 41.3 Å². The molecular formula is C20H27N5O. The van der Waals surface area contributed by atoms with Gasteiger partial charge in [0.1, 0.15) is 0 Å². The molecule has 6 heteroatoms. The van der Waals surface area contributed by atoms with Crippen molar-refractivity contribution in [2.45, 2.75) is 26.7 Å². The van der Waals surface area contributed by atoms with Crippen LogP contribution in [0.2, 0.25) is 0 Å². The Hall–Kier alpha value is -2.47. The molecule has 2 aromatic rings. The van der Waals surface area contributed by atoms with E-state index >= 15 is 0 Å². The Balaban J connectivity index is 1.73. The summed E-state index contributed by atoms with van der Waals surface area (Å²) in [5.74, 6) is 0.848. The Kier molecular flexibility index (Phi) is 5.52. The summed E-state index contributed by atoms with van der Waals surface area (Å²) in [6, 6.07) is 6.09. The molecule has 138 valence electrons. The van der Waals surface area contributed by atoms with Gasteiger partial charge in [-0.15, -0.1) is 0 Å². The van der Waals surface area contributed by atoms with E-state index < -0.39 is 0 Å². The van der Waals surface area contributed by atoms with Gasteiger partial charge in [0.2, 0.25) is 5.95 Å². The average Bonchev–Trinajstić information content (AvgIpc) is 2.64. The van der Waals surface area contributed by atoms with Crippen molar-refractivity contribution >= 4 is 17.5 Å². The number of carbonyl (C=O) groups excluding carboxylic acids is 1. The molecule has 0 radical (unpaired) electrons. The Morgan fingerprint density at radius 2 is 1.77 bits per heavy atom. The second-order valence-corrected chi connectivity index (χ2v) is 7.21. The van der Waals surface area contributed by atoms with Gasteiger partial charge in [0.05, 0.1) is 5.56 Å². The van der Waals surface area contributed by atoms with Crippen molar-refractivity contribution in [2.24, 2.45) is 0 Å². The summed E-state index contributed by atoms with van der Waals surface area (Å²) in [6.07, 6.45) is 3.23. The topological polar surface area (TPSA) is 61.4 Å². The first-order chi connectivity index (χ1) is 12.5. The molecule has 0 aliphatic carbocycles. The van der Waals surface area contributed by atoms with Crippen LogP contribution in [0.5, 0.6) is 0 Å². The van der Waals surface area contributed by atoms with Crippen LogP contribution >= 0.6 is 0 Å². The number of para-hydroxylation sites is 1. The van der Waals surface area contributed by atoms with Crippen LogP contribution in [0.4, 0.5) is 11.6 Å². The van der Waals surface area contributed by atoms with E-state index in [1.54, 1.807) is 12.4 Å². The fourth-order valence-corrected chi connectivity index (χ4v) is 3.14. The van der Waals surface area contributed by atoms with E-state index in [2.05, 4.69) is 52.0 Å². The van der Waals surface area contributed by atoms with Crippen molar-refractivity contribution in [3.05, 3.63) is 47.3 Å². The first-order valence-electron chi connectivity index (χ1n) is 9.12. The molecule has 3 rings (SSSR count). The van der Waals surface area contributed by atoms with Gasteiger partial charge in [0.25, 0.3) is 5.91 Å². The van der Waals surface area contributed by atoms with E-state index in [0.29, 0.717) is 17.4 Å². The molecule has 1 aromatic heterocycles. The number of aryl methyl sites for hydroxylation is 1. The third kappa shape index (κ3) is 4.02. The van der Waals surface area contributed by atoms with Crippen LogP contribution in [0.3, 0.4) is 0 Å². The highest BCUT2D eigenvalue weighted by Gasteiger charge is 2.18. The molecule has 0 unspecified atom stereocenters. The van der Waals surface area contributed by atoms with Crippen LogP contribution in [-0.2, 0) is 0 Å². The number of hydrogen-bond acceptors (Lipinski definition) is 5. The minimum Gasteiger partial charge on any atom is -0.338 e. The lowest BCUT2D eigenvalue weighted by Gasteiger charge is -2.32. The standard InChI is InChI=1S/C20H27N5O/c1-14(2)17-7-5-6-15(3)18(17)23-19(26)16-12-21-20(22-13-16)25-10-8-24(4)9-11-25/h5-7,12-14H,8-11H2,1-4H3,(H,23,26). The normalized spacial score (nSPS) is 15.3. The highest BCUT2D eigenvalue weighted by Crippen LogP contribution is 2.27. The van der Waals surface area contributed by atoms with Crippen molar-refractivity contribution in [2.75, 3.05) is 43.4 Å². The number of carbonyl (C=O) groups is 1. The lowest BCUT2D eigenvalue weighted by molar-refractivity contribution is 0.102. The van der Waals surface area contributed by atoms with Crippen molar-refractivity contribution in [3.63, 3.8) is 0 Å². The number of anilines is 2. The molecule has 1 fully saturated rings. The second-order valence-electron chi connectivity index (χ2n) is 7.21. The summed E-state index contributed by atoms with van der Waals surface area (Å²) in [5.41, 5.74) is 3.55. The zero-order valence-corrected chi connectivity index (χ0v) is 16.0. The number of aromatic nitrogens is 2. The number of piperazine rings is 1. The molecule has 1 aromatic carbocycles. The Labute approximate surface area is 155 Å². The molecular weight excluding hydrogens is 326 g/mol. The number of rotatable bonds is 4. The summed E-state index contributed by atoms with van der Waals surface area (Å²) in [5, 5.41) is 3.04. The average molecular weight is 353 g/mol. The molecule has 1 aliphatic rings. The van der Waals surface area contributed by atoms with E-state index in [1.165, 1.54) is 0 Å². The van der Waals surface area contributed by atoms with E-state index in [9.17, 15) is 4.79 Å². The number of nitrogens with one attached hydrogen (secondary N) is 1. The molecule has 1 amide bonds. The van der Waals surface area contributed by atoms with Gasteiger partial charge in [0.15, 0.2) is 0 Å². The van der Waals surface area contributed by atoms with Crippen molar-refractivity contribution in [1.82, 2.24) is 14.9 Å². The molecule has 1 aliphatic heterocycles. The number of nitrogens with zero attached hydrogens (tertiary/aromatic N) is 4. The largest absolute Gasteiger partial charge is 0.338 e. The van der Waals surface area contributed by atoms with Crippen LogP contribution in [-0.4, -0.2) is 54.0 Å². The predicted molar refractivity (Wildman–Crippen MR) is 105 cm³/mol. The maximum Gasteiger partial charge on any atom is 0.258 e. The first kappa shape index (κ1) is 18.3. The SMILES string of the molecule is Cc1cccc(C(C)C)c1NC(=O)c1cnc(N2CCN(C)CC2)nc1. The Morgan fingerprint density at radius 3 is 2.38 bits per heavy atom. The predicted octanol–water partition coefficient (Wildman–Crippen LogP) is 2.91. The molecule has 0 bridgehead atoms. The summed E-state index contributed by atoms with van der Waals surface area (Å²) in [7, 11) is 2.11. The fourth-order valence-electron chi connectivity index (χ4n) is 3.14. The highest BCUT2D eigenvalue weighted by atomic mass is 16.1. The molecule has 0 spiro atoms. The molecule has 0 atom stereocenters. The van der Waals surface area contributed by atoms with Crippen molar-refractivity contribution < 1.29 is 4.79 Å². The highest BCUT2D eigenvalue weighted by molar-refractivity contribution is 6.04. The third-order valence-electron chi connectivity index (χ3n) is 4.85. The molecule has 6 nitrogen and oxygen atoms in total. The zero-order valence-electron chi connectivity index (χ0n) is 16.0. The first-order valence-corrected chi connectivity index (χ1v) is 9.12. The second kappa shape index (κ2) is 7.83. The van der Waals surface area contributed by atoms with Crippen molar-refractivity contribution in [1.29, 1.82) is 0 Å². The van der Waals surface area contributed by atoms with E-state index in [-0.39, 0.29) is 5.91 Å². The van der Waals surface area contributed by atoms with Gasteiger partial charge in [0, 0.05) is 44.3 Å². The molecule has 1 saturated heterocycles. The van der Waals surface area contributed by atoms with Gasteiger partial charge in [-0.25, -0.2) is 9.97 Å². The van der Waals surface area contributed by atoms with Crippen molar-refractivity contribution in [3.8, 4) is 0 Å². The van der Waals surface area contributed by atoms with Gasteiger partial charge in [-0.3, -0.25) is 4.79 Å².